The van der Waals surface area contributed by atoms with Gasteiger partial charge in [-0.1, -0.05) is 41.9 Å². The molecule has 0 unspecified atom stereocenters. The van der Waals surface area contributed by atoms with Crippen molar-refractivity contribution in [3.05, 3.63) is 69.7 Å². The summed E-state index contributed by atoms with van der Waals surface area (Å²) in [6.45, 7) is 0. The van der Waals surface area contributed by atoms with Gasteiger partial charge in [-0.15, -0.1) is 0 Å². The highest BCUT2D eigenvalue weighted by Crippen LogP contribution is 2.25. The molecule has 2 aromatic carbocycles. The summed E-state index contributed by atoms with van der Waals surface area (Å²) < 4.78 is 7.81. The zero-order valence-corrected chi connectivity index (χ0v) is 13.5. The fourth-order valence-corrected chi connectivity index (χ4v) is 2.78. The van der Waals surface area contributed by atoms with Crippen LogP contribution in [0.4, 0.5) is 0 Å². The maximum atomic E-state index is 6.24. The van der Waals surface area contributed by atoms with Crippen molar-refractivity contribution in [3.8, 4) is 11.4 Å². The van der Waals surface area contributed by atoms with Crippen molar-refractivity contribution in [1.82, 2.24) is 14.8 Å². The van der Waals surface area contributed by atoms with Gasteiger partial charge in [-0.2, -0.15) is 5.10 Å². The Balaban J connectivity index is 2.09. The van der Waals surface area contributed by atoms with Crippen LogP contribution >= 0.6 is 23.8 Å². The normalized spacial score (nSPS) is 10.6. The summed E-state index contributed by atoms with van der Waals surface area (Å²) in [5.41, 5.74) is 1.85. The van der Waals surface area contributed by atoms with E-state index in [4.69, 9.17) is 28.6 Å². The third-order valence-corrected chi connectivity index (χ3v) is 4.02. The molecule has 0 spiro atoms. The number of halogens is 1. The van der Waals surface area contributed by atoms with Gasteiger partial charge < -0.3 is 4.74 Å². The average Bonchev–Trinajstić information content (AvgIpc) is 2.90. The number of para-hydroxylation sites is 2. The second-order valence-corrected chi connectivity index (χ2v) is 5.51. The van der Waals surface area contributed by atoms with Crippen molar-refractivity contribution >= 4 is 23.8 Å². The van der Waals surface area contributed by atoms with Gasteiger partial charge >= 0.3 is 0 Å². The molecule has 0 saturated carbocycles. The summed E-state index contributed by atoms with van der Waals surface area (Å²) in [7, 11) is 1.64. The van der Waals surface area contributed by atoms with Gasteiger partial charge in [-0.05, 0) is 36.0 Å². The smallest absolute Gasteiger partial charge is 0.200 e. The van der Waals surface area contributed by atoms with Gasteiger partial charge in [0.1, 0.15) is 11.6 Å². The van der Waals surface area contributed by atoms with E-state index < -0.39 is 0 Å². The van der Waals surface area contributed by atoms with Gasteiger partial charge in [-0.3, -0.25) is 9.67 Å². The Bertz CT molecular complexity index is 856. The predicted molar refractivity (Wildman–Crippen MR) is 89.6 cm³/mol. The van der Waals surface area contributed by atoms with E-state index in [2.05, 4.69) is 10.2 Å². The topological polar surface area (TPSA) is 42.8 Å². The highest BCUT2D eigenvalue weighted by atomic mass is 35.5. The number of hydrogen-bond donors (Lipinski definition) is 1. The number of nitrogens with one attached hydrogen (secondary N) is 1. The number of ether oxygens (including phenoxy) is 1. The van der Waals surface area contributed by atoms with Gasteiger partial charge in [0.2, 0.25) is 0 Å². The Morgan fingerprint density at radius 3 is 2.68 bits per heavy atom. The van der Waals surface area contributed by atoms with E-state index in [1.54, 1.807) is 7.11 Å². The van der Waals surface area contributed by atoms with Crippen LogP contribution in [0.3, 0.4) is 0 Å². The monoisotopic (exact) mass is 331 g/mol. The van der Waals surface area contributed by atoms with Crippen LogP contribution in [-0.2, 0) is 6.42 Å². The van der Waals surface area contributed by atoms with Crippen LogP contribution in [0.5, 0.6) is 5.75 Å². The number of hydrogen-bond acceptors (Lipinski definition) is 3. The first-order valence-corrected chi connectivity index (χ1v) is 7.52. The number of aromatic amines is 1. The molecule has 3 rings (SSSR count). The molecule has 0 aliphatic heterocycles. The highest BCUT2D eigenvalue weighted by Gasteiger charge is 2.13. The number of aromatic nitrogens is 3. The van der Waals surface area contributed by atoms with E-state index in [9.17, 15) is 0 Å². The molecule has 22 heavy (non-hydrogen) atoms. The fraction of sp³-hybridized carbons (Fsp3) is 0.125. The van der Waals surface area contributed by atoms with E-state index in [1.807, 2.05) is 53.1 Å². The lowest BCUT2D eigenvalue weighted by Crippen LogP contribution is -2.04. The van der Waals surface area contributed by atoms with Crippen LogP contribution in [0.1, 0.15) is 11.4 Å². The Kier molecular flexibility index (Phi) is 4.27. The van der Waals surface area contributed by atoms with Crippen LogP contribution < -0.4 is 4.74 Å². The molecular formula is C16H14ClN3OS. The zero-order valence-electron chi connectivity index (χ0n) is 11.9. The minimum absolute atomic E-state index is 0.520. The number of benzene rings is 2. The van der Waals surface area contributed by atoms with E-state index in [0.717, 1.165) is 22.8 Å². The SMILES string of the molecule is COc1ccccc1-n1c(Cc2ccccc2Cl)n[nH]c1=S. The summed E-state index contributed by atoms with van der Waals surface area (Å²) in [4.78, 5) is 0. The van der Waals surface area contributed by atoms with Crippen molar-refractivity contribution in [2.45, 2.75) is 6.42 Å². The van der Waals surface area contributed by atoms with Crippen molar-refractivity contribution in [2.75, 3.05) is 7.11 Å². The molecule has 0 amide bonds. The van der Waals surface area contributed by atoms with Gasteiger partial charge in [0.25, 0.3) is 0 Å². The minimum Gasteiger partial charge on any atom is -0.495 e. The quantitative estimate of drug-likeness (QED) is 0.729. The van der Waals surface area contributed by atoms with Gasteiger partial charge in [0.15, 0.2) is 4.77 Å². The standard InChI is InChI=1S/C16H14ClN3OS/c1-21-14-9-5-4-8-13(14)20-15(18-19-16(20)22)10-11-6-2-3-7-12(11)17/h2-9H,10H2,1H3,(H,19,22). The second-order valence-electron chi connectivity index (χ2n) is 4.72. The van der Waals surface area contributed by atoms with E-state index in [0.29, 0.717) is 16.2 Å². The molecule has 0 bridgehead atoms. The molecule has 0 aliphatic rings. The summed E-state index contributed by atoms with van der Waals surface area (Å²) in [6, 6.07) is 15.4. The first kappa shape index (κ1) is 14.8. The maximum Gasteiger partial charge on any atom is 0.200 e. The number of H-pyrrole nitrogens is 1. The number of nitrogens with zero attached hydrogens (tertiary/aromatic N) is 2. The first-order valence-electron chi connectivity index (χ1n) is 6.74. The lowest BCUT2D eigenvalue weighted by molar-refractivity contribution is 0.412. The van der Waals surface area contributed by atoms with Crippen molar-refractivity contribution in [1.29, 1.82) is 0 Å². The Hall–Kier alpha value is -2.11. The molecule has 0 aliphatic carbocycles. The molecule has 1 N–H and O–H groups in total. The summed E-state index contributed by atoms with van der Waals surface area (Å²) in [5, 5.41) is 7.89. The third kappa shape index (κ3) is 2.77. The van der Waals surface area contributed by atoms with Crippen LogP contribution in [0, 0.1) is 4.77 Å². The van der Waals surface area contributed by atoms with E-state index >= 15 is 0 Å². The molecule has 1 heterocycles. The lowest BCUT2D eigenvalue weighted by atomic mass is 10.1. The molecule has 3 aromatic rings. The van der Waals surface area contributed by atoms with Crippen LogP contribution in [-0.4, -0.2) is 21.9 Å². The molecule has 1 aromatic heterocycles. The molecule has 0 fully saturated rings. The largest absolute Gasteiger partial charge is 0.495 e. The third-order valence-electron chi connectivity index (χ3n) is 3.37. The fourth-order valence-electron chi connectivity index (χ4n) is 2.32. The predicted octanol–water partition coefficient (Wildman–Crippen LogP) is 4.18. The maximum absolute atomic E-state index is 6.24. The van der Waals surface area contributed by atoms with Gasteiger partial charge in [-0.25, -0.2) is 0 Å². The summed E-state index contributed by atoms with van der Waals surface area (Å²) in [5.74, 6) is 1.52. The second kappa shape index (κ2) is 6.34. The average molecular weight is 332 g/mol. The van der Waals surface area contributed by atoms with Crippen molar-refractivity contribution < 1.29 is 4.74 Å². The minimum atomic E-state index is 0.520. The zero-order chi connectivity index (χ0) is 15.5. The number of methoxy groups -OCH3 is 1. The molecular weight excluding hydrogens is 318 g/mol. The van der Waals surface area contributed by atoms with Crippen LogP contribution in [0.2, 0.25) is 5.02 Å². The molecule has 0 saturated heterocycles. The first-order chi connectivity index (χ1) is 10.7. The highest BCUT2D eigenvalue weighted by molar-refractivity contribution is 7.71. The van der Waals surface area contributed by atoms with Gasteiger partial charge in [0.05, 0.1) is 12.8 Å². The Morgan fingerprint density at radius 2 is 1.91 bits per heavy atom. The summed E-state index contributed by atoms with van der Waals surface area (Å²) >= 11 is 11.6. The summed E-state index contributed by atoms with van der Waals surface area (Å²) in [6.07, 6.45) is 0.574. The van der Waals surface area contributed by atoms with Crippen molar-refractivity contribution in [3.63, 3.8) is 0 Å². The van der Waals surface area contributed by atoms with E-state index in [-0.39, 0.29) is 0 Å². The lowest BCUT2D eigenvalue weighted by Gasteiger charge is -2.11. The van der Waals surface area contributed by atoms with Crippen LogP contribution in [0.15, 0.2) is 48.5 Å². The van der Waals surface area contributed by atoms with Crippen molar-refractivity contribution in [2.24, 2.45) is 0 Å². The molecule has 0 atom stereocenters. The Morgan fingerprint density at radius 1 is 1.18 bits per heavy atom. The van der Waals surface area contributed by atoms with Gasteiger partial charge in [0, 0.05) is 11.4 Å². The number of rotatable bonds is 4. The molecule has 4 nitrogen and oxygen atoms in total. The molecule has 6 heteroatoms. The molecule has 0 radical (unpaired) electrons. The van der Waals surface area contributed by atoms with Crippen LogP contribution in [0.25, 0.3) is 5.69 Å². The molecule has 112 valence electrons. The Labute approximate surface area is 138 Å². The van der Waals surface area contributed by atoms with E-state index in [1.165, 1.54) is 0 Å².